The fraction of sp³-hybridized carbons (Fsp3) is 0.0208. The molecule has 238 valence electrons. The second-order valence-electron chi connectivity index (χ2n) is 13.5. The molecule has 0 saturated carbocycles. The number of hydrogen-bond acceptors (Lipinski definition) is 2. The number of aromatic nitrogens is 2. The molecule has 0 amide bonds. The van der Waals surface area contributed by atoms with E-state index in [1.165, 1.54) is 59.5 Å². The molecular formula is C48H30N2S. The van der Waals surface area contributed by atoms with E-state index in [4.69, 9.17) is 4.98 Å². The number of hydrogen-bond donors (Lipinski definition) is 0. The van der Waals surface area contributed by atoms with Crippen molar-refractivity contribution < 1.29 is 0 Å². The van der Waals surface area contributed by atoms with Gasteiger partial charge in [-0.05, 0) is 80.9 Å². The average molecular weight is 667 g/mol. The molecule has 1 aliphatic heterocycles. The van der Waals surface area contributed by atoms with Crippen LogP contribution in [0.5, 0.6) is 0 Å². The first kappa shape index (κ1) is 28.7. The Bertz CT molecular complexity index is 2730. The largest absolute Gasteiger partial charge is 0.294 e. The zero-order valence-corrected chi connectivity index (χ0v) is 28.4. The Labute approximate surface area is 300 Å². The SMILES string of the molecule is c1ccc(-c2cc(-c3ccccc3)nc(-n3c4ccccc4c4cc5c(cc43)C3(c4ccccc4S5)c4ccccc4-c4ccccc43)c2)cc1. The van der Waals surface area contributed by atoms with E-state index in [9.17, 15) is 0 Å². The molecule has 0 saturated heterocycles. The Morgan fingerprint density at radius 2 is 1.02 bits per heavy atom. The van der Waals surface area contributed by atoms with Crippen LogP contribution in [0.25, 0.3) is 61.1 Å². The topological polar surface area (TPSA) is 17.8 Å². The Balaban J connectivity index is 1.27. The molecule has 0 bridgehead atoms. The van der Waals surface area contributed by atoms with Gasteiger partial charge in [0.05, 0.1) is 22.1 Å². The first-order valence-corrected chi connectivity index (χ1v) is 18.3. The number of para-hydroxylation sites is 1. The summed E-state index contributed by atoms with van der Waals surface area (Å²) in [5, 5.41) is 2.46. The summed E-state index contributed by atoms with van der Waals surface area (Å²) >= 11 is 1.90. The lowest BCUT2D eigenvalue weighted by Gasteiger charge is -2.39. The van der Waals surface area contributed by atoms with Crippen molar-refractivity contribution in [2.24, 2.45) is 0 Å². The van der Waals surface area contributed by atoms with Crippen molar-refractivity contribution in [1.82, 2.24) is 9.55 Å². The smallest absolute Gasteiger partial charge is 0.138 e. The molecule has 3 heterocycles. The van der Waals surface area contributed by atoms with Crippen LogP contribution in [0.2, 0.25) is 0 Å². The van der Waals surface area contributed by atoms with Gasteiger partial charge in [-0.25, -0.2) is 4.98 Å². The third-order valence-corrected chi connectivity index (χ3v) is 12.0. The van der Waals surface area contributed by atoms with Crippen LogP contribution in [0.4, 0.5) is 0 Å². The van der Waals surface area contributed by atoms with Crippen molar-refractivity contribution >= 4 is 33.6 Å². The van der Waals surface area contributed by atoms with Gasteiger partial charge in [-0.15, -0.1) is 0 Å². The van der Waals surface area contributed by atoms with Gasteiger partial charge in [0.15, 0.2) is 0 Å². The summed E-state index contributed by atoms with van der Waals surface area (Å²) in [4.78, 5) is 8.05. The number of rotatable bonds is 3. The number of nitrogens with zero attached hydrogens (tertiary/aromatic N) is 2. The van der Waals surface area contributed by atoms with Gasteiger partial charge < -0.3 is 0 Å². The molecule has 3 heteroatoms. The van der Waals surface area contributed by atoms with E-state index in [1.807, 2.05) is 11.8 Å². The molecule has 1 spiro atoms. The molecule has 2 aliphatic rings. The third kappa shape index (κ3) is 4.04. The lowest BCUT2D eigenvalue weighted by atomic mass is 9.67. The second kappa shape index (κ2) is 10.9. The van der Waals surface area contributed by atoms with E-state index < -0.39 is 5.41 Å². The summed E-state index contributed by atoms with van der Waals surface area (Å²) in [7, 11) is 0. The van der Waals surface area contributed by atoms with Gasteiger partial charge >= 0.3 is 0 Å². The molecule has 9 aromatic rings. The quantitative estimate of drug-likeness (QED) is 0.187. The van der Waals surface area contributed by atoms with Gasteiger partial charge in [-0.2, -0.15) is 0 Å². The van der Waals surface area contributed by atoms with Crippen LogP contribution >= 0.6 is 11.8 Å². The highest BCUT2D eigenvalue weighted by Crippen LogP contribution is 2.62. The first-order chi connectivity index (χ1) is 25.3. The summed E-state index contributed by atoms with van der Waals surface area (Å²) in [6, 6.07) is 66.5. The predicted molar refractivity (Wildman–Crippen MR) is 211 cm³/mol. The minimum atomic E-state index is -0.450. The molecule has 11 rings (SSSR count). The van der Waals surface area contributed by atoms with E-state index >= 15 is 0 Å². The molecule has 2 aromatic heterocycles. The molecule has 1 aliphatic carbocycles. The van der Waals surface area contributed by atoms with Gasteiger partial charge in [0.1, 0.15) is 5.82 Å². The maximum atomic E-state index is 5.44. The molecular weight excluding hydrogens is 637 g/mol. The zero-order chi connectivity index (χ0) is 33.5. The number of fused-ring (bicyclic) bond motifs is 12. The third-order valence-electron chi connectivity index (χ3n) is 10.9. The lowest BCUT2D eigenvalue weighted by molar-refractivity contribution is 0.723. The highest BCUT2D eigenvalue weighted by Gasteiger charge is 2.50. The summed E-state index contributed by atoms with van der Waals surface area (Å²) in [6.07, 6.45) is 0. The molecule has 51 heavy (non-hydrogen) atoms. The molecule has 0 unspecified atom stereocenters. The van der Waals surface area contributed by atoms with Crippen molar-refractivity contribution in [2.75, 3.05) is 0 Å². The second-order valence-corrected chi connectivity index (χ2v) is 14.6. The lowest BCUT2D eigenvalue weighted by Crippen LogP contribution is -2.32. The molecule has 0 atom stereocenters. The van der Waals surface area contributed by atoms with Gasteiger partial charge in [-0.1, -0.05) is 157 Å². The highest BCUT2D eigenvalue weighted by atomic mass is 32.2. The normalized spacial score (nSPS) is 13.6. The Morgan fingerprint density at radius 3 is 1.76 bits per heavy atom. The maximum Gasteiger partial charge on any atom is 0.138 e. The molecule has 2 nitrogen and oxygen atoms in total. The molecule has 0 N–H and O–H groups in total. The van der Waals surface area contributed by atoms with Gasteiger partial charge in [0.25, 0.3) is 0 Å². The Kier molecular flexibility index (Phi) is 6.14. The van der Waals surface area contributed by atoms with Crippen LogP contribution in [-0.4, -0.2) is 9.55 Å². The standard InChI is InChI=1S/C48H30N2S/c1-3-15-31(16-4-1)33-27-42(32-17-5-2-6-18-32)49-47(28-33)50-43-25-13-9-21-36(43)37-29-46-41(30-44(37)50)48(40-24-12-14-26-45(40)51-46)38-22-10-7-19-34(38)35-20-8-11-23-39(35)48/h1-30H. The fourth-order valence-corrected chi connectivity index (χ4v) is 9.96. The first-order valence-electron chi connectivity index (χ1n) is 17.5. The number of benzene rings is 7. The fourth-order valence-electron chi connectivity index (χ4n) is 8.75. The van der Waals surface area contributed by atoms with Crippen LogP contribution < -0.4 is 0 Å². The molecule has 0 fully saturated rings. The molecule has 7 aromatic carbocycles. The van der Waals surface area contributed by atoms with Gasteiger partial charge in [0, 0.05) is 26.1 Å². The summed E-state index contributed by atoms with van der Waals surface area (Å²) in [5.41, 5.74) is 14.2. The average Bonchev–Trinajstić information content (AvgIpc) is 3.68. The van der Waals surface area contributed by atoms with Crippen molar-refractivity contribution in [3.63, 3.8) is 0 Å². The van der Waals surface area contributed by atoms with Crippen LogP contribution in [0.15, 0.2) is 192 Å². The van der Waals surface area contributed by atoms with E-state index in [1.54, 1.807) is 0 Å². The van der Waals surface area contributed by atoms with Crippen LogP contribution in [0, 0.1) is 0 Å². The van der Waals surface area contributed by atoms with E-state index in [-0.39, 0.29) is 0 Å². The van der Waals surface area contributed by atoms with E-state index in [0.29, 0.717) is 0 Å². The monoisotopic (exact) mass is 666 g/mol. The zero-order valence-electron chi connectivity index (χ0n) is 27.6. The van der Waals surface area contributed by atoms with Gasteiger partial charge in [-0.3, -0.25) is 4.57 Å². The van der Waals surface area contributed by atoms with E-state index in [0.717, 1.165) is 33.7 Å². The van der Waals surface area contributed by atoms with E-state index in [2.05, 4.69) is 187 Å². The van der Waals surface area contributed by atoms with Crippen LogP contribution in [0.3, 0.4) is 0 Å². The number of pyridine rings is 1. The summed E-state index contributed by atoms with van der Waals surface area (Å²) < 4.78 is 2.40. The maximum absolute atomic E-state index is 5.44. The predicted octanol–water partition coefficient (Wildman–Crippen LogP) is 12.3. The Morgan fingerprint density at radius 1 is 0.412 bits per heavy atom. The highest BCUT2D eigenvalue weighted by molar-refractivity contribution is 7.99. The molecule has 0 radical (unpaired) electrons. The van der Waals surface area contributed by atoms with Crippen molar-refractivity contribution in [2.45, 2.75) is 15.2 Å². The van der Waals surface area contributed by atoms with Crippen molar-refractivity contribution in [3.8, 4) is 39.3 Å². The van der Waals surface area contributed by atoms with Crippen LogP contribution in [0.1, 0.15) is 22.3 Å². The van der Waals surface area contributed by atoms with Crippen molar-refractivity contribution in [3.05, 3.63) is 204 Å². The minimum Gasteiger partial charge on any atom is -0.294 e. The summed E-state index contributed by atoms with van der Waals surface area (Å²) in [6.45, 7) is 0. The summed E-state index contributed by atoms with van der Waals surface area (Å²) in [5.74, 6) is 0.909. The van der Waals surface area contributed by atoms with Crippen LogP contribution in [-0.2, 0) is 5.41 Å². The minimum absolute atomic E-state index is 0.450. The Hall–Kier alpha value is -6.16. The van der Waals surface area contributed by atoms with Crippen molar-refractivity contribution in [1.29, 1.82) is 0 Å². The van der Waals surface area contributed by atoms with Gasteiger partial charge in [0.2, 0.25) is 0 Å².